The number of hydrogen-bond donors (Lipinski definition) is 1. The van der Waals surface area contributed by atoms with E-state index in [9.17, 15) is 19.7 Å². The molecule has 0 radical (unpaired) electrons. The minimum atomic E-state index is -0.961. The summed E-state index contributed by atoms with van der Waals surface area (Å²) in [6.45, 7) is -0.592. The Bertz CT molecular complexity index is 824. The van der Waals surface area contributed by atoms with Crippen LogP contribution in [0.15, 0.2) is 48.5 Å². The van der Waals surface area contributed by atoms with Crippen LogP contribution in [-0.4, -0.2) is 23.4 Å². The van der Waals surface area contributed by atoms with Crippen molar-refractivity contribution in [1.82, 2.24) is 0 Å². The number of nitro benzene ring substituents is 1. The van der Waals surface area contributed by atoms with Crippen LogP contribution in [0.25, 0.3) is 0 Å². The Hall–Kier alpha value is -3.73. The molecular formula is C16H11N3O5. The van der Waals surface area contributed by atoms with Crippen molar-refractivity contribution in [2.75, 3.05) is 11.9 Å². The van der Waals surface area contributed by atoms with E-state index < -0.39 is 29.1 Å². The number of esters is 1. The highest BCUT2D eigenvalue weighted by Crippen LogP contribution is 2.18. The number of nitro groups is 1. The van der Waals surface area contributed by atoms with E-state index in [1.165, 1.54) is 48.5 Å². The molecule has 0 fully saturated rings. The molecule has 0 bridgehead atoms. The van der Waals surface area contributed by atoms with Gasteiger partial charge in [0.1, 0.15) is 5.56 Å². The molecule has 8 heteroatoms. The van der Waals surface area contributed by atoms with Gasteiger partial charge in [-0.3, -0.25) is 14.9 Å². The molecular weight excluding hydrogens is 314 g/mol. The number of rotatable bonds is 5. The topological polar surface area (TPSA) is 122 Å². The number of amides is 1. The number of nitriles is 1. The summed E-state index contributed by atoms with van der Waals surface area (Å²) in [5.74, 6) is -1.57. The molecule has 0 aliphatic heterocycles. The quantitative estimate of drug-likeness (QED) is 0.511. The lowest BCUT2D eigenvalue weighted by Crippen LogP contribution is -2.21. The molecule has 0 atom stereocenters. The van der Waals surface area contributed by atoms with E-state index in [2.05, 4.69) is 5.32 Å². The first-order chi connectivity index (χ1) is 11.5. The SMILES string of the molecule is N#Cc1ccc(NC(=O)COC(=O)c2ccccc2[N+](=O)[O-])cc1. The third-order valence-electron chi connectivity index (χ3n) is 2.95. The fourth-order valence-electron chi connectivity index (χ4n) is 1.84. The van der Waals surface area contributed by atoms with E-state index in [-0.39, 0.29) is 5.56 Å². The lowest BCUT2D eigenvalue weighted by Gasteiger charge is -2.07. The van der Waals surface area contributed by atoms with Crippen molar-refractivity contribution in [2.45, 2.75) is 0 Å². The predicted octanol–water partition coefficient (Wildman–Crippen LogP) is 2.26. The molecule has 0 aliphatic carbocycles. The van der Waals surface area contributed by atoms with Gasteiger partial charge in [-0.25, -0.2) is 4.79 Å². The molecule has 0 aromatic heterocycles. The first kappa shape index (κ1) is 16.6. The van der Waals surface area contributed by atoms with Crippen molar-refractivity contribution in [3.63, 3.8) is 0 Å². The molecule has 0 saturated heterocycles. The zero-order valence-electron chi connectivity index (χ0n) is 12.3. The second-order valence-electron chi connectivity index (χ2n) is 4.59. The average Bonchev–Trinajstić information content (AvgIpc) is 2.60. The second kappa shape index (κ2) is 7.51. The first-order valence-corrected chi connectivity index (χ1v) is 6.72. The number of carbonyl (C=O) groups excluding carboxylic acids is 2. The summed E-state index contributed by atoms with van der Waals surface area (Å²) in [5, 5.41) is 22.0. The van der Waals surface area contributed by atoms with Crippen LogP contribution in [0, 0.1) is 21.4 Å². The number of carbonyl (C=O) groups is 2. The van der Waals surface area contributed by atoms with E-state index in [0.29, 0.717) is 11.3 Å². The maximum absolute atomic E-state index is 11.9. The second-order valence-corrected chi connectivity index (χ2v) is 4.59. The summed E-state index contributed by atoms with van der Waals surface area (Å²) in [4.78, 5) is 33.8. The number of nitrogens with one attached hydrogen (secondary N) is 1. The smallest absolute Gasteiger partial charge is 0.345 e. The molecule has 2 rings (SSSR count). The van der Waals surface area contributed by atoms with Crippen LogP contribution in [0.4, 0.5) is 11.4 Å². The fraction of sp³-hybridized carbons (Fsp3) is 0.0625. The molecule has 0 heterocycles. The van der Waals surface area contributed by atoms with Gasteiger partial charge in [0.25, 0.3) is 11.6 Å². The van der Waals surface area contributed by atoms with Gasteiger partial charge < -0.3 is 10.1 Å². The zero-order valence-corrected chi connectivity index (χ0v) is 12.3. The van der Waals surface area contributed by atoms with Crippen molar-refractivity contribution in [3.05, 3.63) is 69.8 Å². The summed E-state index contributed by atoms with van der Waals surface area (Å²) in [6, 6.07) is 13.3. The van der Waals surface area contributed by atoms with Crippen LogP contribution in [0.5, 0.6) is 0 Å². The van der Waals surface area contributed by atoms with E-state index in [4.69, 9.17) is 10.00 Å². The van der Waals surface area contributed by atoms with Crippen LogP contribution >= 0.6 is 0 Å². The van der Waals surface area contributed by atoms with Crippen LogP contribution in [0.1, 0.15) is 15.9 Å². The number of anilines is 1. The summed E-state index contributed by atoms with van der Waals surface area (Å²) < 4.78 is 4.79. The molecule has 1 amide bonds. The van der Waals surface area contributed by atoms with E-state index in [1.54, 1.807) is 0 Å². The molecule has 0 spiro atoms. The maximum atomic E-state index is 11.9. The Morgan fingerprint density at radius 2 is 1.83 bits per heavy atom. The summed E-state index contributed by atoms with van der Waals surface area (Å²) in [5.41, 5.74) is 0.250. The van der Waals surface area contributed by atoms with Crippen molar-refractivity contribution < 1.29 is 19.2 Å². The van der Waals surface area contributed by atoms with E-state index in [0.717, 1.165) is 0 Å². The normalized spacial score (nSPS) is 9.62. The lowest BCUT2D eigenvalue weighted by atomic mass is 10.2. The van der Waals surface area contributed by atoms with Crippen LogP contribution in [-0.2, 0) is 9.53 Å². The van der Waals surface area contributed by atoms with Crippen molar-refractivity contribution in [1.29, 1.82) is 5.26 Å². The van der Waals surface area contributed by atoms with E-state index in [1.807, 2.05) is 6.07 Å². The number of benzene rings is 2. The Labute approximate surface area is 136 Å². The average molecular weight is 325 g/mol. The third kappa shape index (κ3) is 4.14. The molecule has 24 heavy (non-hydrogen) atoms. The molecule has 1 N–H and O–H groups in total. The van der Waals surface area contributed by atoms with Gasteiger partial charge in [-0.15, -0.1) is 0 Å². The molecule has 0 aliphatic rings. The Morgan fingerprint density at radius 1 is 1.17 bits per heavy atom. The fourth-order valence-corrected chi connectivity index (χ4v) is 1.84. The molecule has 2 aromatic rings. The highest BCUT2D eigenvalue weighted by Gasteiger charge is 2.21. The van der Waals surface area contributed by atoms with Gasteiger partial charge in [0.2, 0.25) is 0 Å². The lowest BCUT2D eigenvalue weighted by molar-refractivity contribution is -0.385. The Balaban J connectivity index is 1.95. The van der Waals surface area contributed by atoms with Crippen molar-refractivity contribution >= 4 is 23.3 Å². The van der Waals surface area contributed by atoms with Gasteiger partial charge in [-0.2, -0.15) is 5.26 Å². The molecule has 120 valence electrons. The minimum Gasteiger partial charge on any atom is -0.452 e. The Morgan fingerprint density at radius 3 is 2.46 bits per heavy atom. The number of hydrogen-bond acceptors (Lipinski definition) is 6. The summed E-state index contributed by atoms with van der Waals surface area (Å²) in [7, 11) is 0. The number of nitrogens with zero attached hydrogens (tertiary/aromatic N) is 2. The van der Waals surface area contributed by atoms with Gasteiger partial charge >= 0.3 is 5.97 Å². The van der Waals surface area contributed by atoms with Gasteiger partial charge in [0, 0.05) is 11.8 Å². The molecule has 0 unspecified atom stereocenters. The first-order valence-electron chi connectivity index (χ1n) is 6.72. The number of para-hydroxylation sites is 1. The van der Waals surface area contributed by atoms with Crippen molar-refractivity contribution in [2.24, 2.45) is 0 Å². The maximum Gasteiger partial charge on any atom is 0.345 e. The third-order valence-corrected chi connectivity index (χ3v) is 2.95. The highest BCUT2D eigenvalue weighted by atomic mass is 16.6. The van der Waals surface area contributed by atoms with Gasteiger partial charge in [0.15, 0.2) is 6.61 Å². The van der Waals surface area contributed by atoms with Crippen molar-refractivity contribution in [3.8, 4) is 6.07 Å². The van der Waals surface area contributed by atoms with Crippen LogP contribution < -0.4 is 5.32 Å². The predicted molar refractivity (Wildman–Crippen MR) is 83.2 cm³/mol. The highest BCUT2D eigenvalue weighted by molar-refractivity contribution is 5.97. The Kier molecular flexibility index (Phi) is 5.20. The molecule has 8 nitrogen and oxygen atoms in total. The van der Waals surface area contributed by atoms with Gasteiger partial charge in [0.05, 0.1) is 16.6 Å². The monoisotopic (exact) mass is 325 g/mol. The van der Waals surface area contributed by atoms with Crippen LogP contribution in [0.2, 0.25) is 0 Å². The zero-order chi connectivity index (χ0) is 17.5. The summed E-state index contributed by atoms with van der Waals surface area (Å²) >= 11 is 0. The molecule has 2 aromatic carbocycles. The largest absolute Gasteiger partial charge is 0.452 e. The number of ether oxygens (including phenoxy) is 1. The summed E-state index contributed by atoms with van der Waals surface area (Å²) in [6.07, 6.45) is 0. The van der Waals surface area contributed by atoms with Gasteiger partial charge in [-0.1, -0.05) is 12.1 Å². The minimum absolute atomic E-state index is 0.228. The van der Waals surface area contributed by atoms with Gasteiger partial charge in [-0.05, 0) is 30.3 Å². The van der Waals surface area contributed by atoms with E-state index >= 15 is 0 Å². The van der Waals surface area contributed by atoms with Crippen LogP contribution in [0.3, 0.4) is 0 Å². The standard InChI is InChI=1S/C16H11N3O5/c17-9-11-5-7-12(8-6-11)18-15(20)10-24-16(21)13-3-1-2-4-14(13)19(22)23/h1-8H,10H2,(H,18,20). The molecule has 0 saturated carbocycles.